The Balaban J connectivity index is 2.16. The average molecular weight is 270 g/mol. The number of amidine groups is 1. The van der Waals surface area contributed by atoms with Gasteiger partial charge in [0.1, 0.15) is 5.84 Å². The second-order valence-corrected chi connectivity index (χ2v) is 4.49. The van der Waals surface area contributed by atoms with E-state index in [1.807, 2.05) is 54.4 Å². The van der Waals surface area contributed by atoms with E-state index in [0.29, 0.717) is 18.0 Å². The van der Waals surface area contributed by atoms with Crippen molar-refractivity contribution in [3.8, 4) is 5.88 Å². The van der Waals surface area contributed by atoms with Gasteiger partial charge in [0.25, 0.3) is 0 Å². The van der Waals surface area contributed by atoms with Crippen LogP contribution < -0.4 is 15.4 Å². The Morgan fingerprint density at radius 3 is 2.75 bits per heavy atom. The molecule has 0 aliphatic carbocycles. The fourth-order valence-corrected chi connectivity index (χ4v) is 1.90. The molecule has 0 bridgehead atoms. The zero-order chi connectivity index (χ0) is 14.5. The molecule has 1 heterocycles. The molecule has 0 saturated carbocycles. The van der Waals surface area contributed by atoms with E-state index in [2.05, 4.69) is 4.98 Å². The summed E-state index contributed by atoms with van der Waals surface area (Å²) in [6.45, 7) is 0.651. The van der Waals surface area contributed by atoms with E-state index >= 15 is 0 Å². The van der Waals surface area contributed by atoms with Gasteiger partial charge in [0.05, 0.1) is 19.3 Å². The van der Waals surface area contributed by atoms with Gasteiger partial charge in [-0.3, -0.25) is 5.41 Å². The molecule has 0 spiro atoms. The fraction of sp³-hybridized carbons (Fsp3) is 0.200. The van der Waals surface area contributed by atoms with E-state index in [-0.39, 0.29) is 5.84 Å². The molecule has 5 heteroatoms. The van der Waals surface area contributed by atoms with E-state index in [9.17, 15) is 0 Å². The van der Waals surface area contributed by atoms with E-state index in [4.69, 9.17) is 15.9 Å². The number of aromatic nitrogens is 1. The van der Waals surface area contributed by atoms with Crippen molar-refractivity contribution in [1.29, 1.82) is 5.41 Å². The van der Waals surface area contributed by atoms with Crippen molar-refractivity contribution in [2.24, 2.45) is 5.73 Å². The Kier molecular flexibility index (Phi) is 4.20. The number of rotatable bonds is 5. The molecule has 0 fully saturated rings. The van der Waals surface area contributed by atoms with Gasteiger partial charge < -0.3 is 15.4 Å². The van der Waals surface area contributed by atoms with Crippen LogP contribution in [0.2, 0.25) is 0 Å². The van der Waals surface area contributed by atoms with Gasteiger partial charge in [-0.1, -0.05) is 18.2 Å². The van der Waals surface area contributed by atoms with Crippen LogP contribution in [0.4, 0.5) is 5.69 Å². The molecule has 0 saturated heterocycles. The number of nitrogens with zero attached hydrogens (tertiary/aromatic N) is 2. The maximum Gasteiger partial charge on any atom is 0.213 e. The Bertz CT molecular complexity index is 612. The highest BCUT2D eigenvalue weighted by atomic mass is 16.5. The van der Waals surface area contributed by atoms with Gasteiger partial charge in [-0.15, -0.1) is 0 Å². The monoisotopic (exact) mass is 270 g/mol. The molecule has 0 amide bonds. The summed E-state index contributed by atoms with van der Waals surface area (Å²) in [6, 6.07) is 13.3. The lowest BCUT2D eigenvalue weighted by Crippen LogP contribution is -2.18. The quantitative estimate of drug-likeness (QED) is 0.643. The summed E-state index contributed by atoms with van der Waals surface area (Å²) in [5.74, 6) is 0.674. The third-order valence-corrected chi connectivity index (χ3v) is 2.99. The number of nitrogens with one attached hydrogen (secondary N) is 1. The minimum Gasteiger partial charge on any atom is -0.481 e. The summed E-state index contributed by atoms with van der Waals surface area (Å²) in [5, 5.41) is 7.48. The Hall–Kier alpha value is -2.56. The SMILES string of the molecule is COc1cccc(CN(C)c2cccc(C(=N)N)c2)n1. The van der Waals surface area contributed by atoms with Crippen molar-refractivity contribution in [2.45, 2.75) is 6.54 Å². The molecule has 0 aliphatic rings. The summed E-state index contributed by atoms with van der Waals surface area (Å²) in [6.07, 6.45) is 0. The van der Waals surface area contributed by atoms with Crippen LogP contribution in [-0.2, 0) is 6.54 Å². The predicted molar refractivity (Wildman–Crippen MR) is 80.4 cm³/mol. The number of hydrogen-bond donors (Lipinski definition) is 2. The van der Waals surface area contributed by atoms with Gasteiger partial charge in [0, 0.05) is 24.4 Å². The first kappa shape index (κ1) is 13.9. The summed E-state index contributed by atoms with van der Waals surface area (Å²) < 4.78 is 5.12. The Morgan fingerprint density at radius 2 is 2.05 bits per heavy atom. The van der Waals surface area contributed by atoms with Crippen LogP contribution in [0.15, 0.2) is 42.5 Å². The van der Waals surface area contributed by atoms with E-state index in [1.54, 1.807) is 7.11 Å². The Labute approximate surface area is 118 Å². The molecule has 2 aromatic rings. The summed E-state index contributed by atoms with van der Waals surface area (Å²) in [4.78, 5) is 6.43. The van der Waals surface area contributed by atoms with Crippen LogP contribution in [0.5, 0.6) is 5.88 Å². The van der Waals surface area contributed by atoms with E-state index in [0.717, 1.165) is 11.4 Å². The summed E-state index contributed by atoms with van der Waals surface area (Å²) >= 11 is 0. The van der Waals surface area contributed by atoms with Gasteiger partial charge >= 0.3 is 0 Å². The molecule has 5 nitrogen and oxygen atoms in total. The maximum atomic E-state index is 7.48. The van der Waals surface area contributed by atoms with Crippen LogP contribution in [0, 0.1) is 5.41 Å². The molecule has 104 valence electrons. The van der Waals surface area contributed by atoms with Crippen molar-refractivity contribution in [1.82, 2.24) is 4.98 Å². The molecule has 0 aliphatic heterocycles. The standard InChI is InChI=1S/C15H18N4O/c1-19(10-12-6-4-8-14(18-12)20-2)13-7-3-5-11(9-13)15(16)17/h3-9H,10H2,1-2H3,(H3,16,17). The topological polar surface area (TPSA) is 75.2 Å². The number of ether oxygens (including phenoxy) is 1. The molecule has 0 radical (unpaired) electrons. The van der Waals surface area contributed by atoms with Gasteiger partial charge in [-0.25, -0.2) is 4.98 Å². The fourth-order valence-electron chi connectivity index (χ4n) is 1.90. The largest absolute Gasteiger partial charge is 0.481 e. The number of nitrogens with two attached hydrogens (primary N) is 1. The molecule has 3 N–H and O–H groups in total. The number of benzene rings is 1. The normalized spacial score (nSPS) is 10.1. The minimum absolute atomic E-state index is 0.0692. The van der Waals surface area contributed by atoms with Crippen LogP contribution in [0.25, 0.3) is 0 Å². The van der Waals surface area contributed by atoms with Crippen LogP contribution in [0.1, 0.15) is 11.3 Å². The third kappa shape index (κ3) is 3.26. The smallest absolute Gasteiger partial charge is 0.213 e. The summed E-state index contributed by atoms with van der Waals surface area (Å²) in [5.41, 5.74) is 8.13. The van der Waals surface area contributed by atoms with Crippen molar-refractivity contribution >= 4 is 11.5 Å². The first-order chi connectivity index (χ1) is 9.60. The number of nitrogen functional groups attached to an aromatic ring is 1. The second kappa shape index (κ2) is 6.06. The van der Waals surface area contributed by atoms with Crippen molar-refractivity contribution in [3.05, 3.63) is 53.7 Å². The van der Waals surface area contributed by atoms with Gasteiger partial charge in [-0.2, -0.15) is 0 Å². The van der Waals surface area contributed by atoms with Crippen molar-refractivity contribution < 1.29 is 4.74 Å². The zero-order valence-corrected chi connectivity index (χ0v) is 11.6. The molecular formula is C15H18N4O. The zero-order valence-electron chi connectivity index (χ0n) is 11.6. The molecule has 0 atom stereocenters. The second-order valence-electron chi connectivity index (χ2n) is 4.49. The highest BCUT2D eigenvalue weighted by Gasteiger charge is 2.06. The van der Waals surface area contributed by atoms with Crippen LogP contribution in [0.3, 0.4) is 0 Å². The number of hydrogen-bond acceptors (Lipinski definition) is 4. The van der Waals surface area contributed by atoms with E-state index < -0.39 is 0 Å². The van der Waals surface area contributed by atoms with E-state index in [1.165, 1.54) is 0 Å². The lowest BCUT2D eigenvalue weighted by Gasteiger charge is -2.19. The molecule has 1 aromatic heterocycles. The molecular weight excluding hydrogens is 252 g/mol. The first-order valence-corrected chi connectivity index (χ1v) is 6.25. The Morgan fingerprint density at radius 1 is 1.30 bits per heavy atom. The molecule has 1 aromatic carbocycles. The van der Waals surface area contributed by atoms with Crippen molar-refractivity contribution in [3.63, 3.8) is 0 Å². The molecule has 2 rings (SSSR count). The van der Waals surface area contributed by atoms with Gasteiger partial charge in [0.15, 0.2) is 0 Å². The third-order valence-electron chi connectivity index (χ3n) is 2.99. The number of pyridine rings is 1. The molecule has 20 heavy (non-hydrogen) atoms. The summed E-state index contributed by atoms with van der Waals surface area (Å²) in [7, 11) is 3.58. The van der Waals surface area contributed by atoms with Crippen molar-refractivity contribution in [2.75, 3.05) is 19.1 Å². The highest BCUT2D eigenvalue weighted by Crippen LogP contribution is 2.17. The minimum atomic E-state index is 0.0692. The predicted octanol–water partition coefficient (Wildman–Crippen LogP) is 2.01. The van der Waals surface area contributed by atoms with Gasteiger partial charge in [-0.05, 0) is 18.2 Å². The maximum absolute atomic E-state index is 7.48. The lowest BCUT2D eigenvalue weighted by molar-refractivity contribution is 0.396. The van der Waals surface area contributed by atoms with Crippen LogP contribution >= 0.6 is 0 Å². The average Bonchev–Trinajstić information content (AvgIpc) is 2.47. The van der Waals surface area contributed by atoms with Gasteiger partial charge in [0.2, 0.25) is 5.88 Å². The number of methoxy groups -OCH3 is 1. The highest BCUT2D eigenvalue weighted by molar-refractivity contribution is 5.95. The molecule has 0 unspecified atom stereocenters. The first-order valence-electron chi connectivity index (χ1n) is 6.25. The number of anilines is 1. The lowest BCUT2D eigenvalue weighted by atomic mass is 10.1. The van der Waals surface area contributed by atoms with Crippen LogP contribution in [-0.4, -0.2) is 25.0 Å².